The number of hydrogen-bond donors (Lipinski definition) is 0. The third-order valence-electron chi connectivity index (χ3n) is 4.47. The minimum absolute atomic E-state index is 0.00541. The van der Waals surface area contributed by atoms with Gasteiger partial charge in [0, 0.05) is 30.3 Å². The number of amides is 1. The molecule has 1 fully saturated rings. The minimum atomic E-state index is 0.00541. The van der Waals surface area contributed by atoms with Crippen LogP contribution >= 0.6 is 11.3 Å². The Labute approximate surface area is 145 Å². The fourth-order valence-electron chi connectivity index (χ4n) is 2.89. The van der Waals surface area contributed by atoms with Crippen LogP contribution in [0.15, 0.2) is 35.9 Å². The largest absolute Gasteiger partial charge is 0.374 e. The Balaban J connectivity index is 1.46. The summed E-state index contributed by atoms with van der Waals surface area (Å²) >= 11 is 1.63. The number of aromatic nitrogens is 2. The van der Waals surface area contributed by atoms with Crippen LogP contribution in [0.4, 0.5) is 0 Å². The molecule has 2 aliphatic rings. The summed E-state index contributed by atoms with van der Waals surface area (Å²) in [6, 6.07) is 5.97. The molecular weight excluding hydrogens is 322 g/mol. The number of ether oxygens (including phenoxy) is 1. The maximum absolute atomic E-state index is 12.6. The maximum atomic E-state index is 12.6. The zero-order valence-corrected chi connectivity index (χ0v) is 14.3. The van der Waals surface area contributed by atoms with Gasteiger partial charge in [0.2, 0.25) is 5.91 Å². The summed E-state index contributed by atoms with van der Waals surface area (Å²) in [4.78, 5) is 15.6. The Morgan fingerprint density at radius 2 is 2.29 bits per heavy atom. The van der Waals surface area contributed by atoms with E-state index in [4.69, 9.17) is 4.74 Å². The van der Waals surface area contributed by atoms with Crippen molar-refractivity contribution in [2.24, 2.45) is 5.92 Å². The van der Waals surface area contributed by atoms with Crippen molar-refractivity contribution in [3.63, 3.8) is 0 Å². The third kappa shape index (κ3) is 3.76. The Morgan fingerprint density at radius 1 is 1.38 bits per heavy atom. The summed E-state index contributed by atoms with van der Waals surface area (Å²) in [5.41, 5.74) is 1.06. The highest BCUT2D eigenvalue weighted by atomic mass is 32.1. The summed E-state index contributed by atoms with van der Waals surface area (Å²) < 4.78 is 8.03. The highest BCUT2D eigenvalue weighted by molar-refractivity contribution is 7.10. The van der Waals surface area contributed by atoms with Crippen molar-refractivity contribution in [2.75, 3.05) is 13.2 Å². The quantitative estimate of drug-likeness (QED) is 0.785. The number of thiophene rings is 1. The van der Waals surface area contributed by atoms with E-state index in [0.717, 1.165) is 17.2 Å². The summed E-state index contributed by atoms with van der Waals surface area (Å²) in [6.07, 6.45) is 7.89. The first-order chi connectivity index (χ1) is 11.8. The number of hydrogen-bond acceptors (Lipinski definition) is 4. The molecule has 1 amide bonds. The van der Waals surface area contributed by atoms with E-state index in [-0.39, 0.29) is 12.0 Å². The molecule has 0 spiro atoms. The van der Waals surface area contributed by atoms with Gasteiger partial charge >= 0.3 is 0 Å². The van der Waals surface area contributed by atoms with E-state index in [9.17, 15) is 4.79 Å². The Kier molecular flexibility index (Phi) is 4.49. The summed E-state index contributed by atoms with van der Waals surface area (Å²) in [5, 5.41) is 6.38. The molecule has 4 rings (SSSR count). The number of carbonyl (C=O) groups excluding carboxylic acids is 1. The standard InChI is InChI=1S/C18H21N3O2S/c22-18(6-5-17-2-1-9-24-17)20-10-15-7-8-19-21(15)12-16(11-20)23-13-14-3-4-14/h1-2,5-9,14,16H,3-4,10-13H2/b6-5+/t16-/m1/s1. The summed E-state index contributed by atoms with van der Waals surface area (Å²) in [7, 11) is 0. The van der Waals surface area contributed by atoms with E-state index >= 15 is 0 Å². The molecule has 126 valence electrons. The normalized spacial score (nSPS) is 21.0. The van der Waals surface area contributed by atoms with Crippen molar-refractivity contribution < 1.29 is 9.53 Å². The zero-order valence-electron chi connectivity index (χ0n) is 13.5. The lowest BCUT2D eigenvalue weighted by atomic mass is 10.3. The first-order valence-electron chi connectivity index (χ1n) is 8.41. The van der Waals surface area contributed by atoms with Crippen molar-refractivity contribution in [1.82, 2.24) is 14.7 Å². The van der Waals surface area contributed by atoms with Crippen LogP contribution in [0.3, 0.4) is 0 Å². The fourth-order valence-corrected chi connectivity index (χ4v) is 3.51. The van der Waals surface area contributed by atoms with Crippen LogP contribution in [-0.4, -0.2) is 39.8 Å². The van der Waals surface area contributed by atoms with Crippen molar-refractivity contribution in [1.29, 1.82) is 0 Å². The molecule has 1 atom stereocenters. The van der Waals surface area contributed by atoms with Gasteiger partial charge in [-0.3, -0.25) is 9.48 Å². The molecule has 2 aromatic heterocycles. The first kappa shape index (κ1) is 15.6. The fraction of sp³-hybridized carbons (Fsp3) is 0.444. The van der Waals surface area contributed by atoms with Gasteiger partial charge in [-0.25, -0.2) is 0 Å². The Morgan fingerprint density at radius 3 is 3.08 bits per heavy atom. The monoisotopic (exact) mass is 343 g/mol. The first-order valence-corrected chi connectivity index (χ1v) is 9.28. The molecule has 3 heterocycles. The maximum Gasteiger partial charge on any atom is 0.247 e. The van der Waals surface area contributed by atoms with E-state index in [1.807, 2.05) is 39.2 Å². The van der Waals surface area contributed by atoms with Crippen LogP contribution in [0.2, 0.25) is 0 Å². The molecule has 0 radical (unpaired) electrons. The molecule has 0 saturated heterocycles. The van der Waals surface area contributed by atoms with Crippen LogP contribution in [0.25, 0.3) is 6.08 Å². The highest BCUT2D eigenvalue weighted by Gasteiger charge is 2.28. The lowest BCUT2D eigenvalue weighted by Crippen LogP contribution is -2.36. The number of fused-ring (bicyclic) bond motifs is 1. The average Bonchev–Trinajstić information content (AvgIpc) is 3.14. The highest BCUT2D eigenvalue weighted by Crippen LogP contribution is 2.29. The number of nitrogens with zero attached hydrogens (tertiary/aromatic N) is 3. The molecule has 0 N–H and O–H groups in total. The van der Waals surface area contributed by atoms with Gasteiger partial charge in [-0.2, -0.15) is 5.10 Å². The van der Waals surface area contributed by atoms with Crippen LogP contribution in [0.5, 0.6) is 0 Å². The molecule has 5 nitrogen and oxygen atoms in total. The van der Waals surface area contributed by atoms with E-state index < -0.39 is 0 Å². The lowest BCUT2D eigenvalue weighted by molar-refractivity contribution is -0.128. The molecule has 1 aliphatic heterocycles. The zero-order chi connectivity index (χ0) is 16.4. The van der Waals surface area contributed by atoms with E-state index in [1.165, 1.54) is 12.8 Å². The summed E-state index contributed by atoms with van der Waals surface area (Å²) in [5.74, 6) is 0.742. The molecule has 6 heteroatoms. The van der Waals surface area contributed by atoms with Gasteiger partial charge in [0.25, 0.3) is 0 Å². The van der Waals surface area contributed by atoms with Crippen molar-refractivity contribution in [3.8, 4) is 0 Å². The van der Waals surface area contributed by atoms with E-state index in [1.54, 1.807) is 23.6 Å². The van der Waals surface area contributed by atoms with Gasteiger partial charge in [0.15, 0.2) is 0 Å². The van der Waals surface area contributed by atoms with Gasteiger partial charge < -0.3 is 9.64 Å². The van der Waals surface area contributed by atoms with Crippen LogP contribution < -0.4 is 0 Å². The average molecular weight is 343 g/mol. The molecular formula is C18H21N3O2S. The van der Waals surface area contributed by atoms with Crippen molar-refractivity contribution >= 4 is 23.3 Å². The molecule has 2 aromatic rings. The minimum Gasteiger partial charge on any atom is -0.374 e. The second kappa shape index (κ2) is 6.91. The van der Waals surface area contributed by atoms with Crippen molar-refractivity contribution in [2.45, 2.75) is 32.0 Å². The predicted molar refractivity (Wildman–Crippen MR) is 93.5 cm³/mol. The lowest BCUT2D eigenvalue weighted by Gasteiger charge is -2.23. The predicted octanol–water partition coefficient (Wildman–Crippen LogP) is 2.80. The molecule has 1 aliphatic carbocycles. The molecule has 1 saturated carbocycles. The van der Waals surface area contributed by atoms with Crippen LogP contribution in [0, 0.1) is 5.92 Å². The Bertz CT molecular complexity index is 718. The van der Waals surface area contributed by atoms with Gasteiger partial charge in [0.05, 0.1) is 24.9 Å². The summed E-state index contributed by atoms with van der Waals surface area (Å²) in [6.45, 7) is 2.71. The SMILES string of the molecule is O=C(/C=C/c1cccs1)N1Cc2ccnn2C[C@H](OCC2CC2)C1. The van der Waals surface area contributed by atoms with Crippen LogP contribution in [0.1, 0.15) is 23.4 Å². The topological polar surface area (TPSA) is 47.4 Å². The number of rotatable bonds is 5. The Hall–Kier alpha value is -1.92. The number of carbonyl (C=O) groups is 1. The van der Waals surface area contributed by atoms with Crippen molar-refractivity contribution in [3.05, 3.63) is 46.4 Å². The molecule has 0 unspecified atom stereocenters. The van der Waals surface area contributed by atoms with E-state index in [0.29, 0.717) is 25.6 Å². The van der Waals surface area contributed by atoms with Gasteiger partial charge in [-0.15, -0.1) is 11.3 Å². The van der Waals surface area contributed by atoms with Crippen LogP contribution in [-0.2, 0) is 22.6 Å². The molecule has 0 aromatic carbocycles. The van der Waals surface area contributed by atoms with Gasteiger partial charge in [-0.05, 0) is 42.3 Å². The second-order valence-electron chi connectivity index (χ2n) is 6.47. The molecule has 24 heavy (non-hydrogen) atoms. The second-order valence-corrected chi connectivity index (χ2v) is 7.45. The van der Waals surface area contributed by atoms with E-state index in [2.05, 4.69) is 5.10 Å². The molecule has 0 bridgehead atoms. The smallest absolute Gasteiger partial charge is 0.247 e. The van der Waals surface area contributed by atoms with Gasteiger partial charge in [0.1, 0.15) is 0 Å². The van der Waals surface area contributed by atoms with Gasteiger partial charge in [-0.1, -0.05) is 6.07 Å². The third-order valence-corrected chi connectivity index (χ3v) is 5.31.